The van der Waals surface area contributed by atoms with E-state index in [0.717, 1.165) is 5.69 Å². The maximum atomic E-state index is 11.5. The number of rotatable bonds is 6. The number of hydrogen-bond donors (Lipinski definition) is 3. The Morgan fingerprint density at radius 1 is 1.26 bits per heavy atom. The number of anilines is 1. The van der Waals surface area contributed by atoms with Crippen LogP contribution in [0, 0.1) is 0 Å². The molecule has 0 saturated carbocycles. The van der Waals surface area contributed by atoms with Gasteiger partial charge in [-0.25, -0.2) is 0 Å². The molecule has 102 valence electrons. The molecule has 19 heavy (non-hydrogen) atoms. The highest BCUT2D eigenvalue weighted by atomic mass is 32.1. The lowest BCUT2D eigenvalue weighted by molar-refractivity contribution is -0.125. The molecule has 0 saturated heterocycles. The van der Waals surface area contributed by atoms with E-state index in [2.05, 4.69) is 10.6 Å². The summed E-state index contributed by atoms with van der Waals surface area (Å²) in [6.45, 7) is 1.78. The highest BCUT2D eigenvalue weighted by molar-refractivity contribution is 7.80. The van der Waals surface area contributed by atoms with Gasteiger partial charge in [0.05, 0.1) is 6.04 Å². The number of para-hydroxylation sites is 1. The van der Waals surface area contributed by atoms with E-state index in [-0.39, 0.29) is 24.8 Å². The van der Waals surface area contributed by atoms with Gasteiger partial charge in [0.1, 0.15) is 4.99 Å². The third-order valence-corrected chi connectivity index (χ3v) is 2.87. The molecule has 1 rings (SSSR count). The predicted molar refractivity (Wildman–Crippen MR) is 78.7 cm³/mol. The van der Waals surface area contributed by atoms with Gasteiger partial charge in [0, 0.05) is 18.5 Å². The number of thiocarbonyl (C=S) groups is 1. The summed E-state index contributed by atoms with van der Waals surface area (Å²) < 4.78 is 0. The van der Waals surface area contributed by atoms with Gasteiger partial charge < -0.3 is 16.4 Å². The van der Waals surface area contributed by atoms with Crippen LogP contribution in [0.1, 0.15) is 19.8 Å². The molecule has 2 amide bonds. The molecule has 0 bridgehead atoms. The van der Waals surface area contributed by atoms with Crippen LogP contribution in [0.25, 0.3) is 0 Å². The van der Waals surface area contributed by atoms with Crippen LogP contribution in [-0.4, -0.2) is 22.8 Å². The number of nitrogens with one attached hydrogen (secondary N) is 2. The van der Waals surface area contributed by atoms with E-state index >= 15 is 0 Å². The Bertz CT molecular complexity index is 462. The smallest absolute Gasteiger partial charge is 0.221 e. The van der Waals surface area contributed by atoms with Crippen molar-refractivity contribution in [1.29, 1.82) is 0 Å². The van der Waals surface area contributed by atoms with Crippen LogP contribution >= 0.6 is 12.2 Å². The van der Waals surface area contributed by atoms with Crippen molar-refractivity contribution in [3.8, 4) is 0 Å². The van der Waals surface area contributed by atoms with E-state index in [1.165, 1.54) is 0 Å². The SMILES string of the molecule is C[C@H](NC(=O)CCC(N)=O)C(=S)Nc1ccccc1. The Hall–Kier alpha value is -1.95. The highest BCUT2D eigenvalue weighted by Gasteiger charge is 2.12. The molecule has 5 nitrogen and oxygen atoms in total. The molecule has 1 aromatic rings. The summed E-state index contributed by atoms with van der Waals surface area (Å²) in [5, 5.41) is 5.74. The quantitative estimate of drug-likeness (QED) is 0.683. The number of primary amides is 1. The summed E-state index contributed by atoms with van der Waals surface area (Å²) in [6.07, 6.45) is 0.116. The Kier molecular flexibility index (Phi) is 5.95. The topological polar surface area (TPSA) is 84.2 Å². The summed E-state index contributed by atoms with van der Waals surface area (Å²) in [4.78, 5) is 22.6. The fraction of sp³-hybridized carbons (Fsp3) is 0.308. The van der Waals surface area contributed by atoms with Crippen LogP contribution in [0.5, 0.6) is 0 Å². The number of carbonyl (C=O) groups is 2. The third kappa shape index (κ3) is 5.96. The molecule has 6 heteroatoms. The molecule has 1 aromatic carbocycles. The van der Waals surface area contributed by atoms with Gasteiger partial charge in [-0.15, -0.1) is 0 Å². The largest absolute Gasteiger partial charge is 0.370 e. The fourth-order valence-corrected chi connectivity index (χ4v) is 1.56. The van der Waals surface area contributed by atoms with Crippen LogP contribution in [-0.2, 0) is 9.59 Å². The molecule has 0 aromatic heterocycles. The van der Waals surface area contributed by atoms with E-state index in [1.807, 2.05) is 30.3 Å². The lowest BCUT2D eigenvalue weighted by atomic mass is 10.2. The summed E-state index contributed by atoms with van der Waals surface area (Å²) in [7, 11) is 0. The van der Waals surface area contributed by atoms with Crippen LogP contribution < -0.4 is 16.4 Å². The molecule has 0 fully saturated rings. The predicted octanol–water partition coefficient (Wildman–Crippen LogP) is 1.20. The number of hydrogen-bond acceptors (Lipinski definition) is 3. The van der Waals surface area contributed by atoms with Crippen LogP contribution in [0.4, 0.5) is 5.69 Å². The molecule has 0 unspecified atom stereocenters. The molecule has 0 heterocycles. The molecule has 4 N–H and O–H groups in total. The number of benzene rings is 1. The fourth-order valence-electron chi connectivity index (χ4n) is 1.39. The Morgan fingerprint density at radius 3 is 2.47 bits per heavy atom. The molecular weight excluding hydrogens is 262 g/mol. The normalized spacial score (nSPS) is 11.4. The molecular formula is C13H17N3O2S. The van der Waals surface area contributed by atoms with E-state index in [1.54, 1.807) is 6.92 Å². The summed E-state index contributed by atoms with van der Waals surface area (Å²) in [6, 6.07) is 9.14. The van der Waals surface area contributed by atoms with Crippen molar-refractivity contribution >= 4 is 34.7 Å². The summed E-state index contributed by atoms with van der Waals surface area (Å²) in [5.41, 5.74) is 5.84. The van der Waals surface area contributed by atoms with Gasteiger partial charge in [-0.2, -0.15) is 0 Å². The minimum absolute atomic E-state index is 0.0391. The van der Waals surface area contributed by atoms with Crippen LogP contribution in [0.15, 0.2) is 30.3 Å². The first-order chi connectivity index (χ1) is 8.99. The Balaban J connectivity index is 2.40. The lowest BCUT2D eigenvalue weighted by Gasteiger charge is -2.16. The molecule has 0 spiro atoms. The second-order valence-corrected chi connectivity index (χ2v) is 4.55. The molecule has 1 atom stereocenters. The van der Waals surface area contributed by atoms with Crippen molar-refractivity contribution in [1.82, 2.24) is 5.32 Å². The van der Waals surface area contributed by atoms with Crippen molar-refractivity contribution in [3.05, 3.63) is 30.3 Å². The zero-order valence-electron chi connectivity index (χ0n) is 10.7. The van der Waals surface area contributed by atoms with Crippen LogP contribution in [0.2, 0.25) is 0 Å². The standard InChI is InChI=1S/C13H17N3O2S/c1-9(15-12(18)8-7-11(14)17)13(19)16-10-5-3-2-4-6-10/h2-6,9H,7-8H2,1H3,(H2,14,17)(H,15,18)(H,16,19)/t9-/m0/s1. The Morgan fingerprint density at radius 2 is 1.89 bits per heavy atom. The molecule has 0 radical (unpaired) electrons. The lowest BCUT2D eigenvalue weighted by Crippen LogP contribution is -2.40. The summed E-state index contributed by atoms with van der Waals surface area (Å²) >= 11 is 5.20. The van der Waals surface area contributed by atoms with E-state index < -0.39 is 5.91 Å². The average Bonchev–Trinajstić information content (AvgIpc) is 2.37. The number of nitrogens with two attached hydrogens (primary N) is 1. The van der Waals surface area contributed by atoms with Crippen molar-refractivity contribution in [2.24, 2.45) is 5.73 Å². The van der Waals surface area contributed by atoms with Crippen LogP contribution in [0.3, 0.4) is 0 Å². The van der Waals surface area contributed by atoms with Gasteiger partial charge >= 0.3 is 0 Å². The molecule has 0 aliphatic carbocycles. The van der Waals surface area contributed by atoms with Gasteiger partial charge in [0.2, 0.25) is 11.8 Å². The monoisotopic (exact) mass is 279 g/mol. The van der Waals surface area contributed by atoms with Crippen molar-refractivity contribution in [2.75, 3.05) is 5.32 Å². The first-order valence-electron chi connectivity index (χ1n) is 5.92. The van der Waals surface area contributed by atoms with E-state index in [0.29, 0.717) is 4.99 Å². The van der Waals surface area contributed by atoms with Gasteiger partial charge in [-0.1, -0.05) is 30.4 Å². The zero-order chi connectivity index (χ0) is 14.3. The van der Waals surface area contributed by atoms with E-state index in [9.17, 15) is 9.59 Å². The first-order valence-corrected chi connectivity index (χ1v) is 6.33. The van der Waals surface area contributed by atoms with Gasteiger partial charge in [0.25, 0.3) is 0 Å². The maximum Gasteiger partial charge on any atom is 0.221 e. The van der Waals surface area contributed by atoms with Crippen molar-refractivity contribution < 1.29 is 9.59 Å². The zero-order valence-corrected chi connectivity index (χ0v) is 11.5. The first kappa shape index (κ1) is 15.1. The van der Waals surface area contributed by atoms with E-state index in [4.69, 9.17) is 18.0 Å². The second-order valence-electron chi connectivity index (χ2n) is 4.11. The second kappa shape index (κ2) is 7.48. The molecule has 0 aliphatic rings. The third-order valence-electron chi connectivity index (χ3n) is 2.41. The Labute approximate surface area is 117 Å². The van der Waals surface area contributed by atoms with Gasteiger partial charge in [-0.05, 0) is 19.1 Å². The van der Waals surface area contributed by atoms with Crippen molar-refractivity contribution in [2.45, 2.75) is 25.8 Å². The number of carbonyl (C=O) groups excluding carboxylic acids is 2. The van der Waals surface area contributed by atoms with Gasteiger partial charge in [0.15, 0.2) is 0 Å². The number of amides is 2. The molecule has 0 aliphatic heterocycles. The minimum Gasteiger partial charge on any atom is -0.370 e. The van der Waals surface area contributed by atoms with Gasteiger partial charge in [-0.3, -0.25) is 9.59 Å². The highest BCUT2D eigenvalue weighted by Crippen LogP contribution is 2.06. The average molecular weight is 279 g/mol. The summed E-state index contributed by atoms with van der Waals surface area (Å²) in [5.74, 6) is -0.740. The minimum atomic E-state index is -0.493. The maximum absolute atomic E-state index is 11.5. The van der Waals surface area contributed by atoms with Crippen molar-refractivity contribution in [3.63, 3.8) is 0 Å².